The summed E-state index contributed by atoms with van der Waals surface area (Å²) in [6.45, 7) is 3.61. The maximum atomic E-state index is 15.0. The Balaban J connectivity index is 1.05. The number of carbonyl (C=O) groups is 7. The molecule has 1 unspecified atom stereocenters. The normalized spacial score (nSPS) is 15.6. The largest absolute Gasteiger partial charge is 0.480 e. The minimum absolute atomic E-state index is 0.00211. The van der Waals surface area contributed by atoms with Crippen LogP contribution in [0.4, 0.5) is 8.78 Å². The van der Waals surface area contributed by atoms with Crippen LogP contribution in [0.25, 0.3) is 5.57 Å². The summed E-state index contributed by atoms with van der Waals surface area (Å²) in [6, 6.07) is 6.49. The summed E-state index contributed by atoms with van der Waals surface area (Å²) in [7, 11) is 3.08. The van der Waals surface area contributed by atoms with Crippen LogP contribution < -0.4 is 16.0 Å². The van der Waals surface area contributed by atoms with Gasteiger partial charge in [-0.05, 0) is 35.7 Å². The van der Waals surface area contributed by atoms with Gasteiger partial charge in [0.25, 0.3) is 23.6 Å². The number of amides is 6. The third-order valence-corrected chi connectivity index (χ3v) is 9.84. The Kier molecular flexibility index (Phi) is 19.3. The minimum Gasteiger partial charge on any atom is -0.480 e. The van der Waals surface area contributed by atoms with Gasteiger partial charge < -0.3 is 50.0 Å². The van der Waals surface area contributed by atoms with Crippen molar-refractivity contribution in [2.24, 2.45) is 0 Å². The smallest absolute Gasteiger partial charge is 0.326 e. The summed E-state index contributed by atoms with van der Waals surface area (Å²) < 4.78 is 51.6. The molecule has 0 fully saturated rings. The highest BCUT2D eigenvalue weighted by atomic mass is 19.1. The molecule has 0 spiro atoms. The van der Waals surface area contributed by atoms with Crippen molar-refractivity contribution in [3.63, 3.8) is 0 Å². The van der Waals surface area contributed by atoms with E-state index in [1.807, 2.05) is 0 Å². The zero-order valence-corrected chi connectivity index (χ0v) is 35.2. The second-order valence-electron chi connectivity index (χ2n) is 14.3. The van der Waals surface area contributed by atoms with Gasteiger partial charge in [0.1, 0.15) is 23.2 Å². The van der Waals surface area contributed by atoms with Crippen molar-refractivity contribution in [3.05, 3.63) is 88.1 Å². The van der Waals surface area contributed by atoms with E-state index >= 15 is 8.78 Å². The van der Waals surface area contributed by atoms with E-state index in [9.17, 15) is 43.8 Å². The molecular weight excluding hydrogens is 834 g/mol. The van der Waals surface area contributed by atoms with Crippen LogP contribution in [0.3, 0.4) is 0 Å². The molecule has 342 valence electrons. The second-order valence-corrected chi connectivity index (χ2v) is 14.3. The molecule has 2 heterocycles. The number of carboxylic acid groups (broad SMARTS) is 1. The lowest BCUT2D eigenvalue weighted by Gasteiger charge is -2.39. The quantitative estimate of drug-likeness (QED) is 0.0631. The molecule has 21 heteroatoms. The number of carbonyl (C=O) groups excluding carboxylic acids is 6. The molecule has 19 nitrogen and oxygen atoms in total. The van der Waals surface area contributed by atoms with E-state index in [4.69, 9.17) is 18.9 Å². The van der Waals surface area contributed by atoms with Crippen molar-refractivity contribution in [1.29, 1.82) is 0 Å². The molecule has 2 aromatic carbocycles. The summed E-state index contributed by atoms with van der Waals surface area (Å²) in [5, 5.41) is 27.3. The van der Waals surface area contributed by atoms with Gasteiger partial charge in [-0.15, -0.1) is 0 Å². The number of nitrogens with zero attached hydrogens (tertiary/aromatic N) is 3. The van der Waals surface area contributed by atoms with Crippen molar-refractivity contribution in [3.8, 4) is 0 Å². The maximum absolute atomic E-state index is 15.0. The molecule has 0 aliphatic carbocycles. The summed E-state index contributed by atoms with van der Waals surface area (Å²) in [5.74, 6) is -7.30. The fraction of sp³-hybridized carbons (Fsp3) is 0.452. The van der Waals surface area contributed by atoms with Crippen LogP contribution in [0.15, 0.2) is 54.2 Å². The number of rotatable bonds is 26. The lowest BCUT2D eigenvalue weighted by Crippen LogP contribution is -2.51. The van der Waals surface area contributed by atoms with Gasteiger partial charge >= 0.3 is 5.97 Å². The molecular formula is C42H52F2N6O13. The number of carboxylic acids is 1. The van der Waals surface area contributed by atoms with Crippen molar-refractivity contribution < 1.29 is 71.5 Å². The first kappa shape index (κ1) is 49.5. The summed E-state index contributed by atoms with van der Waals surface area (Å²) in [5.41, 5.74) is 0.870. The molecule has 0 saturated carbocycles. The zero-order chi connectivity index (χ0) is 46.1. The molecule has 63 heavy (non-hydrogen) atoms. The second kappa shape index (κ2) is 24.5. The van der Waals surface area contributed by atoms with E-state index in [0.717, 1.165) is 29.2 Å². The Bertz CT molecular complexity index is 2010. The number of imide groups is 1. The zero-order valence-electron chi connectivity index (χ0n) is 35.2. The first-order valence-corrected chi connectivity index (χ1v) is 20.0. The maximum Gasteiger partial charge on any atom is 0.326 e. The SMILES string of the molecule is CC1=C(c2ccc(C[C@H](NC(=O)c3c(F)cc(CNC(=O)CCOCCOCCOCCOCCNC(=O)CCN4C(=O)C=CC4=O)cc3F)C(=O)O)cc2)C(=O)N(C)C(O)N1C. The minimum atomic E-state index is -1.56. The van der Waals surface area contributed by atoms with Gasteiger partial charge in [0.15, 0.2) is 0 Å². The fourth-order valence-corrected chi connectivity index (χ4v) is 6.23. The van der Waals surface area contributed by atoms with Crippen molar-refractivity contribution >= 4 is 47.0 Å². The molecule has 0 saturated heterocycles. The van der Waals surface area contributed by atoms with Crippen LogP contribution in [0.2, 0.25) is 0 Å². The average molecular weight is 887 g/mol. The third-order valence-electron chi connectivity index (χ3n) is 9.84. The van der Waals surface area contributed by atoms with Gasteiger partial charge in [-0.1, -0.05) is 24.3 Å². The van der Waals surface area contributed by atoms with Crippen LogP contribution in [-0.2, 0) is 60.7 Å². The molecule has 2 aromatic rings. The number of hydrogen-bond acceptors (Lipinski definition) is 13. The Morgan fingerprint density at radius 1 is 0.746 bits per heavy atom. The Morgan fingerprint density at radius 2 is 1.29 bits per heavy atom. The summed E-state index contributed by atoms with van der Waals surface area (Å²) >= 11 is 0. The highest BCUT2D eigenvalue weighted by Gasteiger charge is 2.33. The Labute approximate surface area is 361 Å². The third kappa shape index (κ3) is 14.7. The highest BCUT2D eigenvalue weighted by molar-refractivity contribution is 6.20. The molecule has 4 rings (SSSR count). The van der Waals surface area contributed by atoms with Crippen LogP contribution in [0.1, 0.15) is 46.8 Å². The average Bonchev–Trinajstić information content (AvgIpc) is 3.57. The number of halogens is 2. The first-order valence-electron chi connectivity index (χ1n) is 20.0. The molecule has 2 aliphatic heterocycles. The number of hydrogen-bond donors (Lipinski definition) is 5. The van der Waals surface area contributed by atoms with Crippen LogP contribution in [0.5, 0.6) is 0 Å². The van der Waals surface area contributed by atoms with Crippen molar-refractivity contribution in [2.45, 2.75) is 45.1 Å². The summed E-state index contributed by atoms with van der Waals surface area (Å²) in [4.78, 5) is 88.6. The van der Waals surface area contributed by atoms with Gasteiger partial charge in [-0.2, -0.15) is 0 Å². The van der Waals surface area contributed by atoms with Gasteiger partial charge in [0.2, 0.25) is 18.2 Å². The molecule has 5 N–H and O–H groups in total. The number of ether oxygens (including phenoxy) is 4. The van der Waals surface area contributed by atoms with Crippen molar-refractivity contribution in [1.82, 2.24) is 30.7 Å². The van der Waals surface area contributed by atoms with Crippen LogP contribution in [-0.4, -0.2) is 159 Å². The van der Waals surface area contributed by atoms with Gasteiger partial charge in [-0.3, -0.25) is 38.6 Å². The Hall–Kier alpha value is -6.13. The number of aliphatic carboxylic acids is 1. The predicted molar refractivity (Wildman–Crippen MR) is 218 cm³/mol. The number of benzene rings is 2. The lowest BCUT2D eigenvalue weighted by molar-refractivity contribution is -0.146. The van der Waals surface area contributed by atoms with E-state index in [1.54, 1.807) is 38.2 Å². The highest BCUT2D eigenvalue weighted by Crippen LogP contribution is 2.29. The number of nitrogens with one attached hydrogen (secondary N) is 3. The van der Waals surface area contributed by atoms with E-state index in [2.05, 4.69) is 16.0 Å². The monoisotopic (exact) mass is 886 g/mol. The molecule has 0 aromatic heterocycles. The first-order chi connectivity index (χ1) is 30.1. The molecule has 6 amide bonds. The van der Waals surface area contributed by atoms with Crippen molar-refractivity contribution in [2.75, 3.05) is 80.0 Å². The summed E-state index contributed by atoms with van der Waals surface area (Å²) in [6.07, 6.45) is 0.892. The Morgan fingerprint density at radius 3 is 1.86 bits per heavy atom. The van der Waals surface area contributed by atoms with E-state index in [0.29, 0.717) is 42.2 Å². The fourth-order valence-electron chi connectivity index (χ4n) is 6.23. The van der Waals surface area contributed by atoms with E-state index < -0.39 is 65.1 Å². The number of aliphatic hydroxyl groups is 1. The number of allylic oxidation sites excluding steroid dienone is 1. The molecule has 0 bridgehead atoms. The number of likely N-dealkylation sites (N-methyl/N-ethyl adjacent to an activating group) is 1. The van der Waals surface area contributed by atoms with Gasteiger partial charge in [0.05, 0.1) is 58.4 Å². The van der Waals surface area contributed by atoms with Crippen LogP contribution in [0, 0.1) is 11.6 Å². The molecule has 0 radical (unpaired) electrons. The van der Waals surface area contributed by atoms with Gasteiger partial charge in [0, 0.05) is 70.8 Å². The lowest BCUT2D eigenvalue weighted by atomic mass is 9.97. The molecule has 2 aliphatic rings. The standard InChI is InChI=1S/C42H52F2N6O13/c1-26-37(40(56)49(3)42(59)48(26)2)29-6-4-27(5-7-29)24-32(41(57)58)47-39(55)38-30(43)22-28(23-31(38)44)25-46-34(52)11-14-60-16-18-62-20-21-63-19-17-61-15-12-45-33(51)10-13-50-35(53)8-9-36(50)54/h4-9,22-23,32,42,59H,10-21,24-25H2,1-3H3,(H,45,51)(H,46,52)(H,47,55)(H,57,58)/t32-,42?/m0/s1. The van der Waals surface area contributed by atoms with Gasteiger partial charge in [-0.25, -0.2) is 13.6 Å². The number of aliphatic hydroxyl groups excluding tert-OH is 1. The van der Waals surface area contributed by atoms with E-state index in [1.165, 1.54) is 16.8 Å². The van der Waals surface area contributed by atoms with E-state index in [-0.39, 0.29) is 83.4 Å². The molecule has 2 atom stereocenters. The predicted octanol–water partition coefficient (Wildman–Crippen LogP) is 0.305. The van der Waals surface area contributed by atoms with Crippen LogP contribution >= 0.6 is 0 Å². The topological polar surface area (TPSA) is 243 Å².